The van der Waals surface area contributed by atoms with Crippen LogP contribution in [0.15, 0.2) is 0 Å². The molecule has 1 unspecified atom stereocenters. The zero-order chi connectivity index (χ0) is 13.6. The van der Waals surface area contributed by atoms with Crippen molar-refractivity contribution in [2.24, 2.45) is 5.41 Å². The van der Waals surface area contributed by atoms with Crippen LogP contribution in [0.1, 0.15) is 51.9 Å². The highest BCUT2D eigenvalue weighted by molar-refractivity contribution is 5.85. The van der Waals surface area contributed by atoms with Crippen molar-refractivity contribution in [3.05, 3.63) is 0 Å². The molecule has 0 aromatic rings. The number of rotatable bonds is 3. The predicted octanol–water partition coefficient (Wildman–Crippen LogP) is 2.61. The summed E-state index contributed by atoms with van der Waals surface area (Å²) in [6.45, 7) is 1.85. The Morgan fingerprint density at radius 1 is 1.28 bits per heavy atom. The monoisotopic (exact) mass is 247 g/mol. The number of hydrogen-bond acceptors (Lipinski definition) is 3. The van der Waals surface area contributed by atoms with Crippen molar-refractivity contribution in [1.82, 2.24) is 4.90 Å². The van der Waals surface area contributed by atoms with Crippen LogP contribution in [0.25, 0.3) is 0 Å². The van der Waals surface area contributed by atoms with Gasteiger partial charge < -0.3 is 4.90 Å². The summed E-state index contributed by atoms with van der Waals surface area (Å²) in [4.78, 5) is 14.1. The summed E-state index contributed by atoms with van der Waals surface area (Å²) in [6, 6.07) is 4.20. The highest BCUT2D eigenvalue weighted by Gasteiger charge is 2.41. The first-order chi connectivity index (χ1) is 8.57. The smallest absolute Gasteiger partial charge is 0.243 e. The van der Waals surface area contributed by atoms with E-state index in [9.17, 15) is 10.1 Å². The number of hydrogen-bond donors (Lipinski definition) is 0. The highest BCUT2D eigenvalue weighted by atomic mass is 16.2. The summed E-state index contributed by atoms with van der Waals surface area (Å²) in [6.07, 6.45) is 5.73. The van der Waals surface area contributed by atoms with E-state index < -0.39 is 5.41 Å². The van der Waals surface area contributed by atoms with Crippen LogP contribution in [-0.2, 0) is 4.79 Å². The van der Waals surface area contributed by atoms with Crippen LogP contribution in [-0.4, -0.2) is 23.9 Å². The second-order valence-corrected chi connectivity index (χ2v) is 5.24. The van der Waals surface area contributed by atoms with Gasteiger partial charge in [-0.05, 0) is 19.8 Å². The van der Waals surface area contributed by atoms with Crippen LogP contribution in [0.4, 0.5) is 0 Å². The van der Waals surface area contributed by atoms with E-state index in [1.807, 2.05) is 6.92 Å². The maximum Gasteiger partial charge on any atom is 0.243 e. The van der Waals surface area contributed by atoms with E-state index >= 15 is 0 Å². The minimum absolute atomic E-state index is 0.102. The maximum atomic E-state index is 12.5. The van der Waals surface area contributed by atoms with Gasteiger partial charge in [0.15, 0.2) is 0 Å². The van der Waals surface area contributed by atoms with Gasteiger partial charge >= 0.3 is 0 Å². The quantitative estimate of drug-likeness (QED) is 0.720. The Labute approximate surface area is 109 Å². The average molecular weight is 247 g/mol. The molecule has 0 bridgehead atoms. The molecule has 0 aliphatic heterocycles. The third-order valence-corrected chi connectivity index (χ3v) is 3.95. The molecule has 1 saturated carbocycles. The van der Waals surface area contributed by atoms with E-state index in [1.54, 1.807) is 11.9 Å². The van der Waals surface area contributed by atoms with Crippen LogP contribution in [0.3, 0.4) is 0 Å². The summed E-state index contributed by atoms with van der Waals surface area (Å²) < 4.78 is 0. The molecule has 0 saturated heterocycles. The average Bonchev–Trinajstić information content (AvgIpc) is 2.63. The molecule has 1 rings (SSSR count). The Bertz CT molecular complexity index is 369. The summed E-state index contributed by atoms with van der Waals surface area (Å²) >= 11 is 0. The molecule has 4 heteroatoms. The van der Waals surface area contributed by atoms with E-state index in [-0.39, 0.29) is 11.9 Å². The Kier molecular flexibility index (Phi) is 5.16. The number of amides is 1. The molecule has 98 valence electrons. The van der Waals surface area contributed by atoms with Crippen molar-refractivity contribution < 1.29 is 4.79 Å². The SMILES string of the molecule is CC(CC#N)N(C)C(=O)C1(C#N)CCCCCC1. The van der Waals surface area contributed by atoms with Crippen LogP contribution >= 0.6 is 0 Å². The zero-order valence-electron chi connectivity index (χ0n) is 11.3. The third-order valence-electron chi connectivity index (χ3n) is 3.95. The minimum Gasteiger partial charge on any atom is -0.341 e. The van der Waals surface area contributed by atoms with Gasteiger partial charge in [-0.15, -0.1) is 0 Å². The Morgan fingerprint density at radius 2 is 1.83 bits per heavy atom. The molecule has 0 aromatic carbocycles. The standard InChI is InChI=1S/C14H21N3O/c1-12(7-10-15)17(2)13(18)14(11-16)8-5-3-4-6-9-14/h12H,3-9H2,1-2H3. The molecule has 0 aromatic heterocycles. The van der Waals surface area contributed by atoms with Crippen molar-refractivity contribution in [3.8, 4) is 12.1 Å². The molecule has 0 radical (unpaired) electrons. The summed E-state index contributed by atoms with van der Waals surface area (Å²) in [5, 5.41) is 18.1. The lowest BCUT2D eigenvalue weighted by Gasteiger charge is -2.32. The van der Waals surface area contributed by atoms with Gasteiger partial charge in [0, 0.05) is 13.1 Å². The maximum absolute atomic E-state index is 12.5. The van der Waals surface area contributed by atoms with Gasteiger partial charge in [0.25, 0.3) is 0 Å². The molecule has 1 aliphatic rings. The van der Waals surface area contributed by atoms with Gasteiger partial charge in [-0.3, -0.25) is 4.79 Å². The lowest BCUT2D eigenvalue weighted by molar-refractivity contribution is -0.140. The van der Waals surface area contributed by atoms with Crippen LogP contribution in [0, 0.1) is 28.1 Å². The van der Waals surface area contributed by atoms with Gasteiger partial charge in [0.05, 0.1) is 18.6 Å². The van der Waals surface area contributed by atoms with Gasteiger partial charge in [-0.25, -0.2) is 0 Å². The molecule has 18 heavy (non-hydrogen) atoms. The fourth-order valence-electron chi connectivity index (χ4n) is 2.51. The van der Waals surface area contributed by atoms with Crippen molar-refractivity contribution in [2.75, 3.05) is 7.05 Å². The molecule has 1 fully saturated rings. The van der Waals surface area contributed by atoms with Gasteiger partial charge in [0.2, 0.25) is 5.91 Å². The van der Waals surface area contributed by atoms with E-state index in [2.05, 4.69) is 12.1 Å². The third kappa shape index (κ3) is 3.01. The summed E-state index contributed by atoms with van der Waals surface area (Å²) in [7, 11) is 1.70. The van der Waals surface area contributed by atoms with Crippen LogP contribution in [0.5, 0.6) is 0 Å². The fraction of sp³-hybridized carbons (Fsp3) is 0.786. The van der Waals surface area contributed by atoms with Gasteiger partial charge in [-0.2, -0.15) is 10.5 Å². The van der Waals surface area contributed by atoms with Gasteiger partial charge in [-0.1, -0.05) is 25.7 Å². The number of nitrogens with zero attached hydrogens (tertiary/aromatic N) is 3. The predicted molar refractivity (Wildman–Crippen MR) is 68.2 cm³/mol. The first-order valence-corrected chi connectivity index (χ1v) is 6.63. The Balaban J connectivity index is 2.84. The van der Waals surface area contributed by atoms with Crippen molar-refractivity contribution in [2.45, 2.75) is 57.9 Å². The molecular formula is C14H21N3O. The molecule has 1 aliphatic carbocycles. The van der Waals surface area contributed by atoms with Crippen LogP contribution in [0.2, 0.25) is 0 Å². The normalized spacial score (nSPS) is 20.0. The molecule has 1 amide bonds. The molecule has 0 heterocycles. The Morgan fingerprint density at radius 3 is 2.28 bits per heavy atom. The van der Waals surface area contributed by atoms with E-state index in [1.165, 1.54) is 0 Å². The first kappa shape index (κ1) is 14.5. The molecule has 0 N–H and O–H groups in total. The van der Waals surface area contributed by atoms with Crippen molar-refractivity contribution >= 4 is 5.91 Å². The fourth-order valence-corrected chi connectivity index (χ4v) is 2.51. The van der Waals surface area contributed by atoms with Crippen molar-refractivity contribution in [1.29, 1.82) is 10.5 Å². The van der Waals surface area contributed by atoms with E-state index in [0.29, 0.717) is 19.3 Å². The number of nitriles is 2. The van der Waals surface area contributed by atoms with Gasteiger partial charge in [0.1, 0.15) is 5.41 Å². The first-order valence-electron chi connectivity index (χ1n) is 6.63. The largest absolute Gasteiger partial charge is 0.341 e. The number of carbonyl (C=O) groups excluding carboxylic acids is 1. The Hall–Kier alpha value is -1.55. The molecule has 4 nitrogen and oxygen atoms in total. The second-order valence-electron chi connectivity index (χ2n) is 5.24. The molecule has 0 spiro atoms. The molecular weight excluding hydrogens is 226 g/mol. The van der Waals surface area contributed by atoms with Crippen LogP contribution < -0.4 is 0 Å². The van der Waals surface area contributed by atoms with E-state index in [4.69, 9.17) is 5.26 Å². The summed E-state index contributed by atoms with van der Waals surface area (Å²) in [5.74, 6) is -0.102. The zero-order valence-corrected chi connectivity index (χ0v) is 11.3. The van der Waals surface area contributed by atoms with Crippen molar-refractivity contribution in [3.63, 3.8) is 0 Å². The topological polar surface area (TPSA) is 67.9 Å². The van der Waals surface area contributed by atoms with E-state index in [0.717, 1.165) is 25.7 Å². The summed E-state index contributed by atoms with van der Waals surface area (Å²) in [5.41, 5.74) is -0.852. The lowest BCUT2D eigenvalue weighted by atomic mass is 9.80. The number of carbonyl (C=O) groups is 1. The second kappa shape index (κ2) is 6.40. The molecule has 1 atom stereocenters. The highest BCUT2D eigenvalue weighted by Crippen LogP contribution is 2.36. The lowest BCUT2D eigenvalue weighted by Crippen LogP contribution is -2.45. The minimum atomic E-state index is -0.852.